The first-order chi connectivity index (χ1) is 9.08. The Bertz CT molecular complexity index is 575. The molecule has 0 saturated carbocycles. The maximum absolute atomic E-state index is 12.7. The van der Waals surface area contributed by atoms with Gasteiger partial charge in [-0.1, -0.05) is 54.1 Å². The number of methoxy groups -OCH3 is 1. The second-order valence-corrected chi connectivity index (χ2v) is 4.80. The van der Waals surface area contributed by atoms with Gasteiger partial charge in [0, 0.05) is 12.7 Å². The van der Waals surface area contributed by atoms with Crippen molar-refractivity contribution in [3.8, 4) is 0 Å². The minimum Gasteiger partial charge on any atom is -0.366 e. The van der Waals surface area contributed by atoms with Gasteiger partial charge in [0.2, 0.25) is 0 Å². The lowest BCUT2D eigenvalue weighted by molar-refractivity contribution is 0.0101. The van der Waals surface area contributed by atoms with E-state index in [4.69, 9.17) is 4.74 Å². The van der Waals surface area contributed by atoms with E-state index in [1.807, 2.05) is 68.4 Å². The molecule has 2 nitrogen and oxygen atoms in total. The Morgan fingerprint density at radius 3 is 2.32 bits per heavy atom. The van der Waals surface area contributed by atoms with Crippen molar-refractivity contribution >= 4 is 5.78 Å². The highest BCUT2D eigenvalue weighted by Gasteiger charge is 2.35. The molecule has 0 amide bonds. The Balaban J connectivity index is 2.45. The third-order valence-corrected chi connectivity index (χ3v) is 3.45. The van der Waals surface area contributed by atoms with Crippen LogP contribution >= 0.6 is 0 Å². The van der Waals surface area contributed by atoms with Crippen LogP contribution in [0.3, 0.4) is 0 Å². The zero-order valence-corrected chi connectivity index (χ0v) is 11.5. The molecule has 0 fully saturated rings. The number of aryl methyl sites for hydroxylation is 1. The number of rotatable bonds is 4. The number of ketones is 1. The van der Waals surface area contributed by atoms with Crippen molar-refractivity contribution in [1.82, 2.24) is 0 Å². The topological polar surface area (TPSA) is 26.3 Å². The summed E-state index contributed by atoms with van der Waals surface area (Å²) in [6, 6.07) is 17.2. The van der Waals surface area contributed by atoms with Gasteiger partial charge in [-0.15, -0.1) is 0 Å². The predicted molar refractivity (Wildman–Crippen MR) is 76.3 cm³/mol. The van der Waals surface area contributed by atoms with Crippen molar-refractivity contribution in [3.05, 3.63) is 71.3 Å². The number of carbonyl (C=O) groups excluding carboxylic acids is 1. The monoisotopic (exact) mass is 254 g/mol. The summed E-state index contributed by atoms with van der Waals surface area (Å²) in [7, 11) is 1.57. The molecule has 0 aliphatic carbocycles. The first-order valence-electron chi connectivity index (χ1n) is 6.30. The average Bonchev–Trinajstić information content (AvgIpc) is 2.46. The third-order valence-electron chi connectivity index (χ3n) is 3.45. The second kappa shape index (κ2) is 5.37. The van der Waals surface area contributed by atoms with Gasteiger partial charge < -0.3 is 4.74 Å². The quantitative estimate of drug-likeness (QED) is 0.777. The summed E-state index contributed by atoms with van der Waals surface area (Å²) < 4.78 is 5.53. The van der Waals surface area contributed by atoms with Gasteiger partial charge in [-0.2, -0.15) is 0 Å². The summed E-state index contributed by atoms with van der Waals surface area (Å²) in [5, 5.41) is 0. The van der Waals surface area contributed by atoms with E-state index in [1.54, 1.807) is 7.11 Å². The lowest BCUT2D eigenvalue weighted by Crippen LogP contribution is -2.34. The van der Waals surface area contributed by atoms with E-state index >= 15 is 0 Å². The van der Waals surface area contributed by atoms with E-state index in [0.29, 0.717) is 5.56 Å². The van der Waals surface area contributed by atoms with Gasteiger partial charge >= 0.3 is 0 Å². The van der Waals surface area contributed by atoms with Crippen LogP contribution in [0, 0.1) is 6.92 Å². The van der Waals surface area contributed by atoms with Crippen molar-refractivity contribution in [2.75, 3.05) is 7.11 Å². The summed E-state index contributed by atoms with van der Waals surface area (Å²) in [5.41, 5.74) is 1.66. The Kier molecular flexibility index (Phi) is 3.82. The molecule has 98 valence electrons. The summed E-state index contributed by atoms with van der Waals surface area (Å²) >= 11 is 0. The molecule has 2 heteroatoms. The van der Waals surface area contributed by atoms with Crippen LogP contribution in [-0.2, 0) is 10.3 Å². The summed E-state index contributed by atoms with van der Waals surface area (Å²) in [6.45, 7) is 3.79. The number of benzene rings is 2. The lowest BCUT2D eigenvalue weighted by atomic mass is 9.87. The van der Waals surface area contributed by atoms with E-state index in [0.717, 1.165) is 11.1 Å². The first kappa shape index (κ1) is 13.5. The minimum atomic E-state index is -0.949. The molecule has 0 N–H and O–H groups in total. The largest absolute Gasteiger partial charge is 0.366 e. The Morgan fingerprint density at radius 1 is 1.05 bits per heavy atom. The van der Waals surface area contributed by atoms with Crippen LogP contribution in [0.15, 0.2) is 54.6 Å². The molecule has 0 spiro atoms. The fourth-order valence-corrected chi connectivity index (χ4v) is 2.16. The van der Waals surface area contributed by atoms with Crippen LogP contribution in [0.4, 0.5) is 0 Å². The number of hydrogen-bond donors (Lipinski definition) is 0. The highest BCUT2D eigenvalue weighted by molar-refractivity contribution is 6.02. The smallest absolute Gasteiger partial charge is 0.198 e. The molecule has 1 atom stereocenters. The molecule has 0 radical (unpaired) electrons. The molecule has 0 bridgehead atoms. The van der Waals surface area contributed by atoms with Crippen molar-refractivity contribution in [2.45, 2.75) is 19.4 Å². The minimum absolute atomic E-state index is 0.0232. The summed E-state index contributed by atoms with van der Waals surface area (Å²) in [6.07, 6.45) is 0. The van der Waals surface area contributed by atoms with Crippen LogP contribution in [0.5, 0.6) is 0 Å². The second-order valence-electron chi connectivity index (χ2n) is 4.80. The molecule has 2 aromatic carbocycles. The van der Waals surface area contributed by atoms with Gasteiger partial charge in [0.05, 0.1) is 0 Å². The predicted octanol–water partition coefficient (Wildman–Crippen LogP) is 3.74. The summed E-state index contributed by atoms with van der Waals surface area (Å²) in [5.74, 6) is -0.0232. The molecule has 2 aromatic rings. The van der Waals surface area contributed by atoms with Gasteiger partial charge in [0.1, 0.15) is 0 Å². The number of hydrogen-bond acceptors (Lipinski definition) is 2. The van der Waals surface area contributed by atoms with Gasteiger partial charge in [-0.25, -0.2) is 0 Å². The van der Waals surface area contributed by atoms with E-state index in [2.05, 4.69) is 0 Å². The number of Topliss-reactive ketones (excluding diaryl/α,β-unsaturated/α-hetero) is 1. The van der Waals surface area contributed by atoms with E-state index in [1.165, 1.54) is 0 Å². The third kappa shape index (κ3) is 2.59. The Morgan fingerprint density at radius 2 is 1.74 bits per heavy atom. The van der Waals surface area contributed by atoms with E-state index in [-0.39, 0.29) is 5.78 Å². The Labute approximate surface area is 114 Å². The molecule has 1 unspecified atom stereocenters. The zero-order valence-electron chi connectivity index (χ0n) is 11.5. The number of ether oxygens (including phenoxy) is 1. The van der Waals surface area contributed by atoms with Gasteiger partial charge in [0.25, 0.3) is 0 Å². The fourth-order valence-electron chi connectivity index (χ4n) is 2.16. The molecule has 0 saturated heterocycles. The van der Waals surface area contributed by atoms with E-state index in [9.17, 15) is 4.79 Å². The molecule has 0 aromatic heterocycles. The molecule has 0 aliphatic rings. The van der Waals surface area contributed by atoms with Crippen LogP contribution < -0.4 is 0 Å². The van der Waals surface area contributed by atoms with Crippen LogP contribution in [0.1, 0.15) is 28.4 Å². The molecular weight excluding hydrogens is 236 g/mol. The average molecular weight is 254 g/mol. The maximum atomic E-state index is 12.7. The first-order valence-corrected chi connectivity index (χ1v) is 6.30. The van der Waals surface area contributed by atoms with Crippen LogP contribution in [-0.4, -0.2) is 12.9 Å². The molecule has 0 heterocycles. The molecule has 2 rings (SSSR count). The fraction of sp³-hybridized carbons (Fsp3) is 0.235. The van der Waals surface area contributed by atoms with Gasteiger partial charge in [-0.3, -0.25) is 4.79 Å². The van der Waals surface area contributed by atoms with Crippen LogP contribution in [0.25, 0.3) is 0 Å². The van der Waals surface area contributed by atoms with Crippen molar-refractivity contribution < 1.29 is 9.53 Å². The molecular formula is C17H18O2. The standard InChI is InChI=1S/C17H18O2/c1-13-8-7-9-14(12-13)16(18)17(2,19-3)15-10-5-4-6-11-15/h4-12H,1-3H3. The van der Waals surface area contributed by atoms with E-state index < -0.39 is 5.60 Å². The van der Waals surface area contributed by atoms with Crippen molar-refractivity contribution in [2.24, 2.45) is 0 Å². The normalized spacial score (nSPS) is 13.8. The van der Waals surface area contributed by atoms with Gasteiger partial charge in [0.15, 0.2) is 11.4 Å². The highest BCUT2D eigenvalue weighted by atomic mass is 16.5. The van der Waals surface area contributed by atoms with Crippen molar-refractivity contribution in [3.63, 3.8) is 0 Å². The molecule has 19 heavy (non-hydrogen) atoms. The van der Waals surface area contributed by atoms with Crippen LogP contribution in [0.2, 0.25) is 0 Å². The summed E-state index contributed by atoms with van der Waals surface area (Å²) in [4.78, 5) is 12.7. The SMILES string of the molecule is COC(C)(C(=O)c1cccc(C)c1)c1ccccc1. The maximum Gasteiger partial charge on any atom is 0.198 e. The Hall–Kier alpha value is -1.93. The lowest BCUT2D eigenvalue weighted by Gasteiger charge is -2.27. The zero-order chi connectivity index (χ0) is 13.9. The number of carbonyl (C=O) groups is 1. The van der Waals surface area contributed by atoms with Gasteiger partial charge in [-0.05, 0) is 25.5 Å². The molecule has 0 aliphatic heterocycles. The highest BCUT2D eigenvalue weighted by Crippen LogP contribution is 2.29. The van der Waals surface area contributed by atoms with Crippen molar-refractivity contribution in [1.29, 1.82) is 0 Å².